The minimum absolute atomic E-state index is 0.0356. The summed E-state index contributed by atoms with van der Waals surface area (Å²) in [5, 5.41) is 2.81. The van der Waals surface area contributed by atoms with Crippen molar-refractivity contribution in [3.63, 3.8) is 0 Å². The van der Waals surface area contributed by atoms with E-state index in [9.17, 15) is 13.2 Å². The van der Waals surface area contributed by atoms with Crippen LogP contribution < -0.4 is 5.32 Å². The highest BCUT2D eigenvalue weighted by atomic mass is 32.2. The standard InChI is InChI=1S/C22H23N3O3S/c1-4-29(27,28)21-10-19(18-7-5-15(2)6-8-18)9-20(11-21)22(26)25-14-17-12-23-16(3)24-13-17/h5-13H,4,14H2,1-3H3,(H,25,26). The summed E-state index contributed by atoms with van der Waals surface area (Å²) in [4.78, 5) is 21.1. The lowest BCUT2D eigenvalue weighted by Gasteiger charge is -2.11. The number of aryl methyl sites for hydroxylation is 2. The van der Waals surface area contributed by atoms with Crippen molar-refractivity contribution in [2.75, 3.05) is 5.75 Å². The molecule has 0 spiro atoms. The molecule has 0 fully saturated rings. The van der Waals surface area contributed by atoms with Crippen molar-refractivity contribution in [3.8, 4) is 11.1 Å². The number of nitrogens with one attached hydrogen (secondary N) is 1. The first-order valence-electron chi connectivity index (χ1n) is 9.29. The van der Waals surface area contributed by atoms with Crippen molar-refractivity contribution in [2.24, 2.45) is 0 Å². The Morgan fingerprint density at radius 2 is 1.62 bits per heavy atom. The van der Waals surface area contributed by atoms with Crippen LogP contribution in [0.1, 0.15) is 34.2 Å². The monoisotopic (exact) mass is 409 g/mol. The number of rotatable bonds is 6. The number of nitrogens with zero attached hydrogens (tertiary/aromatic N) is 2. The maximum atomic E-state index is 12.7. The van der Waals surface area contributed by atoms with Crippen LogP contribution in [0.15, 0.2) is 59.8 Å². The van der Waals surface area contributed by atoms with E-state index in [0.717, 1.165) is 16.7 Å². The number of sulfone groups is 1. The van der Waals surface area contributed by atoms with Gasteiger partial charge in [-0.25, -0.2) is 18.4 Å². The molecule has 3 rings (SSSR count). The molecule has 0 saturated carbocycles. The molecule has 0 atom stereocenters. The molecule has 0 aliphatic rings. The fourth-order valence-electron chi connectivity index (χ4n) is 2.78. The van der Waals surface area contributed by atoms with Gasteiger partial charge in [0.05, 0.1) is 10.6 Å². The zero-order chi connectivity index (χ0) is 21.0. The summed E-state index contributed by atoms with van der Waals surface area (Å²) in [6.45, 7) is 5.61. The van der Waals surface area contributed by atoms with E-state index < -0.39 is 9.84 Å². The van der Waals surface area contributed by atoms with Crippen LogP contribution in [0.3, 0.4) is 0 Å². The largest absolute Gasteiger partial charge is 0.348 e. The highest BCUT2D eigenvalue weighted by Crippen LogP contribution is 2.26. The van der Waals surface area contributed by atoms with E-state index in [2.05, 4.69) is 15.3 Å². The van der Waals surface area contributed by atoms with Gasteiger partial charge in [0.2, 0.25) is 0 Å². The Morgan fingerprint density at radius 3 is 2.24 bits per heavy atom. The quantitative estimate of drug-likeness (QED) is 0.673. The highest BCUT2D eigenvalue weighted by Gasteiger charge is 2.17. The van der Waals surface area contributed by atoms with Gasteiger partial charge in [-0.15, -0.1) is 0 Å². The predicted molar refractivity (Wildman–Crippen MR) is 112 cm³/mol. The molecular weight excluding hydrogens is 386 g/mol. The summed E-state index contributed by atoms with van der Waals surface area (Å²) >= 11 is 0. The molecule has 29 heavy (non-hydrogen) atoms. The molecule has 6 nitrogen and oxygen atoms in total. The third-order valence-electron chi connectivity index (χ3n) is 4.58. The normalized spacial score (nSPS) is 11.3. The molecule has 1 aromatic heterocycles. The molecule has 0 radical (unpaired) electrons. The summed E-state index contributed by atoms with van der Waals surface area (Å²) in [6, 6.07) is 12.5. The molecule has 1 amide bonds. The van der Waals surface area contributed by atoms with E-state index in [0.29, 0.717) is 17.0 Å². The SMILES string of the molecule is CCS(=O)(=O)c1cc(C(=O)NCc2cnc(C)nc2)cc(-c2ccc(C)cc2)c1. The average molecular weight is 410 g/mol. The Morgan fingerprint density at radius 1 is 0.966 bits per heavy atom. The predicted octanol–water partition coefficient (Wildman–Crippen LogP) is 3.48. The van der Waals surface area contributed by atoms with E-state index in [1.54, 1.807) is 38.4 Å². The van der Waals surface area contributed by atoms with E-state index in [1.165, 1.54) is 6.07 Å². The summed E-state index contributed by atoms with van der Waals surface area (Å²) in [5.41, 5.74) is 3.70. The lowest BCUT2D eigenvalue weighted by Crippen LogP contribution is -2.23. The fraction of sp³-hybridized carbons (Fsp3) is 0.227. The molecule has 1 heterocycles. The van der Waals surface area contributed by atoms with Crippen LogP contribution >= 0.6 is 0 Å². The molecule has 1 N–H and O–H groups in total. The Bertz CT molecular complexity index is 1120. The first-order valence-corrected chi connectivity index (χ1v) is 10.9. The van der Waals surface area contributed by atoms with Crippen LogP contribution in [0.25, 0.3) is 11.1 Å². The van der Waals surface area contributed by atoms with Crippen LogP contribution in [0, 0.1) is 13.8 Å². The molecular formula is C22H23N3O3S. The second-order valence-corrected chi connectivity index (χ2v) is 9.11. The topological polar surface area (TPSA) is 89.0 Å². The summed E-state index contributed by atoms with van der Waals surface area (Å²) in [5.74, 6) is 0.263. The van der Waals surface area contributed by atoms with Crippen LogP contribution in [0.5, 0.6) is 0 Å². The van der Waals surface area contributed by atoms with E-state index in [-0.39, 0.29) is 23.1 Å². The van der Waals surface area contributed by atoms with Gasteiger partial charge in [-0.2, -0.15) is 0 Å². The second kappa shape index (κ2) is 8.53. The smallest absolute Gasteiger partial charge is 0.251 e. The molecule has 7 heteroatoms. The van der Waals surface area contributed by atoms with Gasteiger partial charge >= 0.3 is 0 Å². The zero-order valence-corrected chi connectivity index (χ0v) is 17.5. The number of amides is 1. The van der Waals surface area contributed by atoms with Gasteiger partial charge in [-0.1, -0.05) is 36.8 Å². The molecule has 0 aliphatic heterocycles. The van der Waals surface area contributed by atoms with Crippen molar-refractivity contribution in [2.45, 2.75) is 32.2 Å². The van der Waals surface area contributed by atoms with E-state index in [1.807, 2.05) is 31.2 Å². The van der Waals surface area contributed by atoms with Crippen LogP contribution in [0.2, 0.25) is 0 Å². The minimum Gasteiger partial charge on any atom is -0.348 e. The van der Waals surface area contributed by atoms with Gasteiger partial charge in [-0.05, 0) is 43.2 Å². The fourth-order valence-corrected chi connectivity index (χ4v) is 3.73. The van der Waals surface area contributed by atoms with Gasteiger partial charge in [0, 0.05) is 30.1 Å². The molecule has 0 unspecified atom stereocenters. The summed E-state index contributed by atoms with van der Waals surface area (Å²) in [7, 11) is -3.46. The van der Waals surface area contributed by atoms with Crippen LogP contribution in [-0.2, 0) is 16.4 Å². The van der Waals surface area contributed by atoms with Gasteiger partial charge in [0.1, 0.15) is 5.82 Å². The van der Waals surface area contributed by atoms with Crippen LogP contribution in [-0.4, -0.2) is 30.0 Å². The highest BCUT2D eigenvalue weighted by molar-refractivity contribution is 7.91. The molecule has 150 valence electrons. The van der Waals surface area contributed by atoms with Crippen LogP contribution in [0.4, 0.5) is 0 Å². The average Bonchev–Trinajstić information content (AvgIpc) is 2.73. The Labute approximate surface area is 171 Å². The number of carbonyl (C=O) groups is 1. The molecule has 0 saturated heterocycles. The van der Waals surface area contributed by atoms with Crippen molar-refractivity contribution in [1.29, 1.82) is 0 Å². The maximum Gasteiger partial charge on any atom is 0.251 e. The van der Waals surface area contributed by atoms with Gasteiger partial charge in [0.15, 0.2) is 9.84 Å². The Hall–Kier alpha value is -3.06. The first-order chi connectivity index (χ1) is 13.8. The number of aromatic nitrogens is 2. The number of hydrogen-bond donors (Lipinski definition) is 1. The van der Waals surface area contributed by atoms with Crippen molar-refractivity contribution in [3.05, 3.63) is 77.4 Å². The molecule has 2 aromatic carbocycles. The number of hydrogen-bond acceptors (Lipinski definition) is 5. The number of benzene rings is 2. The zero-order valence-electron chi connectivity index (χ0n) is 16.6. The minimum atomic E-state index is -3.46. The summed E-state index contributed by atoms with van der Waals surface area (Å²) in [6.07, 6.45) is 3.30. The molecule has 3 aromatic rings. The van der Waals surface area contributed by atoms with Gasteiger partial charge in [0.25, 0.3) is 5.91 Å². The lowest BCUT2D eigenvalue weighted by molar-refractivity contribution is 0.0950. The van der Waals surface area contributed by atoms with E-state index in [4.69, 9.17) is 0 Å². The van der Waals surface area contributed by atoms with E-state index >= 15 is 0 Å². The second-order valence-electron chi connectivity index (χ2n) is 6.84. The van der Waals surface area contributed by atoms with Gasteiger partial charge < -0.3 is 5.32 Å². The molecule has 0 bridgehead atoms. The third kappa shape index (κ3) is 5.06. The van der Waals surface area contributed by atoms with Crippen molar-refractivity contribution < 1.29 is 13.2 Å². The maximum absolute atomic E-state index is 12.7. The Kier molecular flexibility index (Phi) is 6.08. The van der Waals surface area contributed by atoms with Gasteiger partial charge in [-0.3, -0.25) is 4.79 Å². The number of carbonyl (C=O) groups excluding carboxylic acids is 1. The Balaban J connectivity index is 1.94. The molecule has 0 aliphatic carbocycles. The van der Waals surface area contributed by atoms with Crippen molar-refractivity contribution in [1.82, 2.24) is 15.3 Å². The first kappa shape index (κ1) is 20.7. The van der Waals surface area contributed by atoms with Crippen molar-refractivity contribution >= 4 is 15.7 Å². The summed E-state index contributed by atoms with van der Waals surface area (Å²) < 4.78 is 25.0. The lowest BCUT2D eigenvalue weighted by atomic mass is 10.0. The third-order valence-corrected chi connectivity index (χ3v) is 6.29.